The minimum atomic E-state index is 0.471. The molecule has 1 aromatic carbocycles. The van der Waals surface area contributed by atoms with Gasteiger partial charge in [-0.05, 0) is 56.6 Å². The maximum absolute atomic E-state index is 5.56. The number of hydrogen-bond donors (Lipinski definition) is 1. The van der Waals surface area contributed by atoms with Crippen LogP contribution in [0.25, 0.3) is 11.0 Å². The SMILES string of the molecule is CCc1ccc2[nH]c(=S)n3c2c1CN(CC=C(C)C)[C@H](C)C3. The van der Waals surface area contributed by atoms with Gasteiger partial charge in [0.25, 0.3) is 0 Å². The fourth-order valence-corrected chi connectivity index (χ4v) is 3.61. The molecule has 0 radical (unpaired) electrons. The van der Waals surface area contributed by atoms with Gasteiger partial charge in [0.2, 0.25) is 0 Å². The lowest BCUT2D eigenvalue weighted by Crippen LogP contribution is -2.34. The quantitative estimate of drug-likeness (QED) is 0.669. The van der Waals surface area contributed by atoms with Gasteiger partial charge in [-0.25, -0.2) is 0 Å². The van der Waals surface area contributed by atoms with E-state index < -0.39 is 0 Å². The zero-order valence-electron chi connectivity index (χ0n) is 13.9. The number of H-pyrrole nitrogens is 1. The number of nitrogens with one attached hydrogen (secondary N) is 1. The summed E-state index contributed by atoms with van der Waals surface area (Å²) in [7, 11) is 0. The molecule has 1 atom stereocenters. The Hall–Kier alpha value is -1.39. The molecule has 0 saturated heterocycles. The first-order valence-electron chi connectivity index (χ1n) is 8.12. The first kappa shape index (κ1) is 15.5. The summed E-state index contributed by atoms with van der Waals surface area (Å²) in [5, 5.41) is 0. The number of benzene rings is 1. The predicted molar refractivity (Wildman–Crippen MR) is 95.8 cm³/mol. The molecule has 1 aromatic heterocycles. The van der Waals surface area contributed by atoms with Gasteiger partial charge in [-0.2, -0.15) is 0 Å². The molecule has 0 unspecified atom stereocenters. The summed E-state index contributed by atoms with van der Waals surface area (Å²) in [6.45, 7) is 11.8. The second-order valence-corrected chi connectivity index (χ2v) is 6.94. The van der Waals surface area contributed by atoms with E-state index in [2.05, 4.69) is 60.4 Å². The summed E-state index contributed by atoms with van der Waals surface area (Å²) in [6.07, 6.45) is 3.39. The highest BCUT2D eigenvalue weighted by Gasteiger charge is 2.24. The van der Waals surface area contributed by atoms with Gasteiger partial charge in [-0.3, -0.25) is 4.90 Å². The maximum Gasteiger partial charge on any atom is 0.178 e. The fourth-order valence-electron chi connectivity index (χ4n) is 3.34. The lowest BCUT2D eigenvalue weighted by Gasteiger charge is -2.26. The number of rotatable bonds is 3. The summed E-state index contributed by atoms with van der Waals surface area (Å²) in [4.78, 5) is 5.93. The van der Waals surface area contributed by atoms with Gasteiger partial charge in [0.15, 0.2) is 4.77 Å². The number of imidazole rings is 1. The minimum absolute atomic E-state index is 0.471. The summed E-state index contributed by atoms with van der Waals surface area (Å²) in [5.41, 5.74) is 6.75. The number of allylic oxidation sites excluding steroid dienone is 1. The van der Waals surface area contributed by atoms with Gasteiger partial charge in [-0.1, -0.05) is 24.6 Å². The zero-order chi connectivity index (χ0) is 15.9. The lowest BCUT2D eigenvalue weighted by atomic mass is 10.0. The van der Waals surface area contributed by atoms with E-state index in [1.165, 1.54) is 27.7 Å². The Morgan fingerprint density at radius 2 is 2.18 bits per heavy atom. The van der Waals surface area contributed by atoms with Crippen molar-refractivity contribution in [2.75, 3.05) is 6.54 Å². The van der Waals surface area contributed by atoms with Gasteiger partial charge >= 0.3 is 0 Å². The fraction of sp³-hybridized carbons (Fsp3) is 0.500. The molecule has 3 rings (SSSR count). The Kier molecular flexibility index (Phi) is 4.24. The highest BCUT2D eigenvalue weighted by Crippen LogP contribution is 2.29. The van der Waals surface area contributed by atoms with Crippen LogP contribution in [0.4, 0.5) is 0 Å². The Labute approximate surface area is 137 Å². The van der Waals surface area contributed by atoms with Crippen molar-refractivity contribution in [2.45, 2.75) is 53.2 Å². The largest absolute Gasteiger partial charge is 0.331 e. The van der Waals surface area contributed by atoms with Crippen molar-refractivity contribution in [1.82, 2.24) is 14.5 Å². The van der Waals surface area contributed by atoms with Gasteiger partial charge in [-0.15, -0.1) is 0 Å². The molecule has 2 heterocycles. The number of aromatic nitrogens is 2. The molecule has 1 aliphatic heterocycles. The summed E-state index contributed by atoms with van der Waals surface area (Å²) in [5.74, 6) is 0. The van der Waals surface area contributed by atoms with Crippen LogP contribution < -0.4 is 0 Å². The van der Waals surface area contributed by atoms with Crippen LogP contribution in [-0.2, 0) is 19.5 Å². The van der Waals surface area contributed by atoms with Gasteiger partial charge in [0.05, 0.1) is 11.0 Å². The molecule has 0 amide bonds. The average Bonchev–Trinajstić information content (AvgIpc) is 2.70. The van der Waals surface area contributed by atoms with Crippen LogP contribution in [0.15, 0.2) is 23.8 Å². The second kappa shape index (κ2) is 6.01. The molecule has 22 heavy (non-hydrogen) atoms. The third-order valence-corrected chi connectivity index (χ3v) is 5.01. The van der Waals surface area contributed by atoms with Gasteiger partial charge < -0.3 is 9.55 Å². The molecule has 1 N–H and O–H groups in total. The molecule has 3 nitrogen and oxygen atoms in total. The van der Waals surface area contributed by atoms with E-state index in [4.69, 9.17) is 12.2 Å². The van der Waals surface area contributed by atoms with E-state index in [0.29, 0.717) is 6.04 Å². The van der Waals surface area contributed by atoms with E-state index in [1.807, 2.05) is 0 Å². The van der Waals surface area contributed by atoms with Crippen LogP contribution in [0.1, 0.15) is 38.8 Å². The van der Waals surface area contributed by atoms with Crippen molar-refractivity contribution in [3.05, 3.63) is 39.7 Å². The number of hydrogen-bond acceptors (Lipinski definition) is 2. The van der Waals surface area contributed by atoms with Crippen LogP contribution >= 0.6 is 12.2 Å². The molecule has 4 heteroatoms. The molecule has 0 bridgehead atoms. The number of aryl methyl sites for hydroxylation is 1. The van der Waals surface area contributed by atoms with Crippen molar-refractivity contribution in [3.8, 4) is 0 Å². The first-order chi connectivity index (χ1) is 10.5. The predicted octanol–water partition coefficient (Wildman–Crippen LogP) is 4.43. The van der Waals surface area contributed by atoms with E-state index >= 15 is 0 Å². The monoisotopic (exact) mass is 315 g/mol. The van der Waals surface area contributed by atoms with Crippen LogP contribution in [-0.4, -0.2) is 27.0 Å². The van der Waals surface area contributed by atoms with Crippen LogP contribution in [0.5, 0.6) is 0 Å². The minimum Gasteiger partial charge on any atom is -0.331 e. The molecule has 118 valence electrons. The molecule has 0 aliphatic carbocycles. The normalized spacial score (nSPS) is 18.5. The molecular weight excluding hydrogens is 290 g/mol. The lowest BCUT2D eigenvalue weighted by molar-refractivity contribution is 0.210. The van der Waals surface area contributed by atoms with Crippen molar-refractivity contribution in [3.63, 3.8) is 0 Å². The van der Waals surface area contributed by atoms with Crippen LogP contribution in [0.3, 0.4) is 0 Å². The summed E-state index contributed by atoms with van der Waals surface area (Å²) in [6, 6.07) is 4.90. The van der Waals surface area contributed by atoms with Gasteiger partial charge in [0.1, 0.15) is 0 Å². The third-order valence-electron chi connectivity index (χ3n) is 4.68. The Bertz CT molecular complexity index is 777. The second-order valence-electron chi connectivity index (χ2n) is 6.55. The van der Waals surface area contributed by atoms with E-state index in [-0.39, 0.29) is 0 Å². The summed E-state index contributed by atoms with van der Waals surface area (Å²) < 4.78 is 3.15. The standard InChI is InChI=1S/C18H25N3S/c1-5-14-6-7-16-17-15(14)11-20(9-8-12(2)3)13(4)10-21(17)18(22)19-16/h6-8,13H,5,9-11H2,1-4H3,(H,19,22)/t13-/m1/s1. The maximum atomic E-state index is 5.56. The molecule has 0 saturated carbocycles. The molecule has 1 aliphatic rings. The average molecular weight is 315 g/mol. The zero-order valence-corrected chi connectivity index (χ0v) is 14.8. The van der Waals surface area contributed by atoms with Crippen molar-refractivity contribution >= 4 is 23.3 Å². The van der Waals surface area contributed by atoms with E-state index in [1.54, 1.807) is 0 Å². The Balaban J connectivity index is 2.13. The topological polar surface area (TPSA) is 24.0 Å². The van der Waals surface area contributed by atoms with E-state index in [9.17, 15) is 0 Å². The smallest absolute Gasteiger partial charge is 0.178 e. The molecule has 0 spiro atoms. The van der Waals surface area contributed by atoms with E-state index in [0.717, 1.165) is 30.8 Å². The van der Waals surface area contributed by atoms with Crippen LogP contribution in [0, 0.1) is 4.77 Å². The van der Waals surface area contributed by atoms with Crippen molar-refractivity contribution < 1.29 is 0 Å². The third kappa shape index (κ3) is 2.66. The first-order valence-corrected chi connectivity index (χ1v) is 8.52. The Morgan fingerprint density at radius 1 is 1.41 bits per heavy atom. The van der Waals surface area contributed by atoms with Gasteiger partial charge in [0, 0.05) is 25.7 Å². The molecule has 2 aromatic rings. The van der Waals surface area contributed by atoms with Crippen molar-refractivity contribution in [1.29, 1.82) is 0 Å². The van der Waals surface area contributed by atoms with Crippen molar-refractivity contribution in [2.24, 2.45) is 0 Å². The summed E-state index contributed by atoms with van der Waals surface area (Å²) >= 11 is 5.56. The number of aromatic amines is 1. The highest BCUT2D eigenvalue weighted by atomic mass is 32.1. The Morgan fingerprint density at radius 3 is 2.86 bits per heavy atom. The molecular formula is C18H25N3S. The van der Waals surface area contributed by atoms with Crippen LogP contribution in [0.2, 0.25) is 0 Å². The number of nitrogens with zero attached hydrogens (tertiary/aromatic N) is 2. The highest BCUT2D eigenvalue weighted by molar-refractivity contribution is 7.71. The molecule has 0 fully saturated rings.